The zero-order chi connectivity index (χ0) is 12.3. The smallest absolute Gasteiger partial charge is 0.166 e. The lowest BCUT2D eigenvalue weighted by atomic mass is 9.88. The first kappa shape index (κ1) is 15.2. The molecule has 1 aliphatic heterocycles. The van der Waals surface area contributed by atoms with Crippen molar-refractivity contribution in [3.8, 4) is 0 Å². The second kappa shape index (κ2) is 6.91. The zero-order valence-electron chi connectivity index (χ0n) is 11.1. The molecule has 1 aromatic rings. The number of piperidine rings is 1. The highest BCUT2D eigenvalue weighted by Gasteiger charge is 2.22. The summed E-state index contributed by atoms with van der Waals surface area (Å²) >= 11 is 0. The van der Waals surface area contributed by atoms with Crippen LogP contribution in [0.15, 0.2) is 24.3 Å². The molecule has 0 radical (unpaired) electrons. The lowest BCUT2D eigenvalue weighted by Gasteiger charge is -2.21. The van der Waals surface area contributed by atoms with Crippen LogP contribution in [0.5, 0.6) is 0 Å². The summed E-state index contributed by atoms with van der Waals surface area (Å²) in [5.41, 5.74) is 2.15. The second-order valence-electron chi connectivity index (χ2n) is 5.17. The van der Waals surface area contributed by atoms with E-state index in [1.165, 1.54) is 5.56 Å². The first-order valence-electron chi connectivity index (χ1n) is 6.53. The molecule has 0 bridgehead atoms. The number of halogens is 1. The van der Waals surface area contributed by atoms with Gasteiger partial charge in [-0.2, -0.15) is 0 Å². The van der Waals surface area contributed by atoms with Gasteiger partial charge in [-0.3, -0.25) is 4.79 Å². The van der Waals surface area contributed by atoms with Crippen LogP contribution in [-0.4, -0.2) is 18.9 Å². The van der Waals surface area contributed by atoms with E-state index in [0.717, 1.165) is 31.5 Å². The van der Waals surface area contributed by atoms with Crippen molar-refractivity contribution >= 4 is 18.2 Å². The molecule has 0 aliphatic carbocycles. The van der Waals surface area contributed by atoms with Crippen LogP contribution in [0.25, 0.3) is 0 Å². The van der Waals surface area contributed by atoms with Crippen LogP contribution in [0, 0.1) is 5.92 Å². The number of Topliss-reactive ketones (excluding diaryl/α,β-unsaturated/α-hetero) is 1. The Morgan fingerprint density at radius 2 is 1.94 bits per heavy atom. The molecule has 3 heteroatoms. The molecule has 2 nitrogen and oxygen atoms in total. The lowest BCUT2D eigenvalue weighted by Crippen LogP contribution is -2.31. The molecular weight excluding hydrogens is 246 g/mol. The molecule has 1 saturated heterocycles. The van der Waals surface area contributed by atoms with E-state index >= 15 is 0 Å². The Hall–Kier alpha value is -0.860. The van der Waals surface area contributed by atoms with Crippen molar-refractivity contribution in [3.05, 3.63) is 35.4 Å². The summed E-state index contributed by atoms with van der Waals surface area (Å²) in [5.74, 6) is 1.03. The van der Waals surface area contributed by atoms with Gasteiger partial charge in [0.1, 0.15) is 0 Å². The van der Waals surface area contributed by atoms with E-state index in [0.29, 0.717) is 11.7 Å². The number of nitrogens with one attached hydrogen (secondary N) is 1. The third kappa shape index (κ3) is 3.56. The molecule has 1 N–H and O–H groups in total. The average molecular weight is 268 g/mol. The SMILES string of the molecule is CC(C)c1cccc(C(=O)C2CCNCC2)c1.Cl. The molecule has 0 spiro atoms. The maximum absolute atomic E-state index is 12.3. The molecule has 0 atom stereocenters. The van der Waals surface area contributed by atoms with Crippen LogP contribution in [-0.2, 0) is 0 Å². The molecule has 100 valence electrons. The monoisotopic (exact) mass is 267 g/mol. The molecule has 0 aromatic heterocycles. The Morgan fingerprint density at radius 1 is 1.28 bits per heavy atom. The van der Waals surface area contributed by atoms with E-state index in [-0.39, 0.29) is 18.3 Å². The van der Waals surface area contributed by atoms with Gasteiger partial charge in [0.25, 0.3) is 0 Å². The fourth-order valence-corrected chi connectivity index (χ4v) is 2.37. The highest BCUT2D eigenvalue weighted by atomic mass is 35.5. The van der Waals surface area contributed by atoms with Gasteiger partial charge in [0.2, 0.25) is 0 Å². The first-order valence-corrected chi connectivity index (χ1v) is 6.53. The zero-order valence-corrected chi connectivity index (χ0v) is 11.9. The molecule has 0 saturated carbocycles. The minimum atomic E-state index is 0. The number of rotatable bonds is 3. The summed E-state index contributed by atoms with van der Waals surface area (Å²) in [6.45, 7) is 6.27. The standard InChI is InChI=1S/C15H21NO.ClH/c1-11(2)13-4-3-5-14(10-13)15(17)12-6-8-16-9-7-12;/h3-5,10-12,16H,6-9H2,1-2H3;1H. The number of carbonyl (C=O) groups is 1. The highest BCUT2D eigenvalue weighted by molar-refractivity contribution is 5.98. The van der Waals surface area contributed by atoms with Crippen molar-refractivity contribution < 1.29 is 4.79 Å². The van der Waals surface area contributed by atoms with Gasteiger partial charge >= 0.3 is 0 Å². The number of carbonyl (C=O) groups excluding carboxylic acids is 1. The maximum atomic E-state index is 12.3. The molecule has 18 heavy (non-hydrogen) atoms. The molecule has 0 unspecified atom stereocenters. The molecular formula is C15H22ClNO. The fourth-order valence-electron chi connectivity index (χ4n) is 2.37. The quantitative estimate of drug-likeness (QED) is 0.851. The van der Waals surface area contributed by atoms with Gasteiger partial charge < -0.3 is 5.32 Å². The van der Waals surface area contributed by atoms with Crippen LogP contribution < -0.4 is 5.32 Å². The van der Waals surface area contributed by atoms with E-state index in [4.69, 9.17) is 0 Å². The average Bonchev–Trinajstić information content (AvgIpc) is 2.39. The summed E-state index contributed by atoms with van der Waals surface area (Å²) < 4.78 is 0. The van der Waals surface area contributed by atoms with Crippen molar-refractivity contribution in [2.75, 3.05) is 13.1 Å². The molecule has 1 aromatic carbocycles. The Labute approximate surface area is 116 Å². The molecule has 1 aliphatic rings. The maximum Gasteiger partial charge on any atom is 0.166 e. The Balaban J connectivity index is 0.00000162. The number of hydrogen-bond donors (Lipinski definition) is 1. The summed E-state index contributed by atoms with van der Waals surface area (Å²) in [6.07, 6.45) is 1.95. The Morgan fingerprint density at radius 3 is 2.56 bits per heavy atom. The predicted molar refractivity (Wildman–Crippen MR) is 77.7 cm³/mol. The van der Waals surface area contributed by atoms with E-state index in [1.807, 2.05) is 12.1 Å². The van der Waals surface area contributed by atoms with Crippen LogP contribution in [0.2, 0.25) is 0 Å². The van der Waals surface area contributed by atoms with Gasteiger partial charge in [-0.1, -0.05) is 32.0 Å². The van der Waals surface area contributed by atoms with E-state index in [2.05, 4.69) is 31.3 Å². The summed E-state index contributed by atoms with van der Waals surface area (Å²) in [6, 6.07) is 8.12. The molecule has 1 heterocycles. The van der Waals surface area contributed by atoms with Gasteiger partial charge in [0.05, 0.1) is 0 Å². The van der Waals surface area contributed by atoms with Crippen molar-refractivity contribution in [2.24, 2.45) is 5.92 Å². The normalized spacial score (nSPS) is 16.4. The minimum Gasteiger partial charge on any atom is -0.317 e. The third-order valence-electron chi connectivity index (χ3n) is 3.55. The largest absolute Gasteiger partial charge is 0.317 e. The molecule has 0 amide bonds. The number of ketones is 1. The van der Waals surface area contributed by atoms with Crippen LogP contribution >= 0.6 is 12.4 Å². The van der Waals surface area contributed by atoms with Gasteiger partial charge in [-0.15, -0.1) is 12.4 Å². The van der Waals surface area contributed by atoms with Gasteiger partial charge in [-0.05, 0) is 43.5 Å². The number of benzene rings is 1. The first-order chi connectivity index (χ1) is 8.18. The number of hydrogen-bond acceptors (Lipinski definition) is 2. The molecule has 2 rings (SSSR count). The lowest BCUT2D eigenvalue weighted by molar-refractivity contribution is 0.0895. The summed E-state index contributed by atoms with van der Waals surface area (Å²) in [7, 11) is 0. The fraction of sp³-hybridized carbons (Fsp3) is 0.533. The van der Waals surface area contributed by atoms with E-state index in [9.17, 15) is 4.79 Å². The molecule has 1 fully saturated rings. The van der Waals surface area contributed by atoms with Gasteiger partial charge in [0.15, 0.2) is 5.78 Å². The van der Waals surface area contributed by atoms with Gasteiger partial charge in [-0.25, -0.2) is 0 Å². The van der Waals surface area contributed by atoms with Crippen molar-refractivity contribution in [3.63, 3.8) is 0 Å². The topological polar surface area (TPSA) is 29.1 Å². The third-order valence-corrected chi connectivity index (χ3v) is 3.55. The van der Waals surface area contributed by atoms with Gasteiger partial charge in [0, 0.05) is 11.5 Å². The Kier molecular flexibility index (Phi) is 5.83. The Bertz CT molecular complexity index is 397. The van der Waals surface area contributed by atoms with Crippen molar-refractivity contribution in [2.45, 2.75) is 32.6 Å². The van der Waals surface area contributed by atoms with Crippen LogP contribution in [0.3, 0.4) is 0 Å². The second-order valence-corrected chi connectivity index (χ2v) is 5.17. The summed E-state index contributed by atoms with van der Waals surface area (Å²) in [5, 5.41) is 3.30. The minimum absolute atomic E-state index is 0. The highest BCUT2D eigenvalue weighted by Crippen LogP contribution is 2.21. The van der Waals surface area contributed by atoms with Crippen LogP contribution in [0.4, 0.5) is 0 Å². The van der Waals surface area contributed by atoms with Crippen molar-refractivity contribution in [1.29, 1.82) is 0 Å². The predicted octanol–water partition coefficient (Wildman–Crippen LogP) is 3.41. The van der Waals surface area contributed by atoms with Crippen LogP contribution in [0.1, 0.15) is 48.5 Å². The van der Waals surface area contributed by atoms with E-state index < -0.39 is 0 Å². The van der Waals surface area contributed by atoms with Crippen molar-refractivity contribution in [1.82, 2.24) is 5.32 Å². The van der Waals surface area contributed by atoms with E-state index in [1.54, 1.807) is 0 Å². The summed E-state index contributed by atoms with van der Waals surface area (Å²) in [4.78, 5) is 12.3.